The van der Waals surface area contributed by atoms with E-state index >= 15 is 0 Å². The number of rotatable bonds is 6. The fourth-order valence-electron chi connectivity index (χ4n) is 3.88. The van der Waals surface area contributed by atoms with Gasteiger partial charge in [-0.15, -0.1) is 0 Å². The first-order chi connectivity index (χ1) is 13.1. The minimum absolute atomic E-state index is 0.0228. The van der Waals surface area contributed by atoms with Gasteiger partial charge >= 0.3 is 0 Å². The van der Waals surface area contributed by atoms with Crippen LogP contribution in [0.25, 0.3) is 0 Å². The summed E-state index contributed by atoms with van der Waals surface area (Å²) < 4.78 is 5.98. The van der Waals surface area contributed by atoms with Crippen molar-refractivity contribution in [2.45, 2.75) is 52.2 Å². The summed E-state index contributed by atoms with van der Waals surface area (Å²) in [4.78, 5) is 16.9. The quantitative estimate of drug-likeness (QED) is 0.819. The van der Waals surface area contributed by atoms with E-state index in [4.69, 9.17) is 10.5 Å². The molecule has 1 aromatic carbocycles. The number of nitrogens with one attached hydrogen (secondary N) is 1. The van der Waals surface area contributed by atoms with E-state index in [0.29, 0.717) is 24.6 Å². The van der Waals surface area contributed by atoms with Crippen molar-refractivity contribution in [3.05, 3.63) is 58.9 Å². The first-order valence-corrected chi connectivity index (χ1v) is 9.72. The van der Waals surface area contributed by atoms with Crippen LogP contribution in [0, 0.1) is 19.8 Å². The van der Waals surface area contributed by atoms with E-state index < -0.39 is 0 Å². The lowest BCUT2D eigenvalue weighted by atomic mass is 9.84. The second-order valence-corrected chi connectivity index (χ2v) is 7.45. The number of carbonyl (C=O) groups is 1. The summed E-state index contributed by atoms with van der Waals surface area (Å²) in [6.07, 6.45) is 8.01. The summed E-state index contributed by atoms with van der Waals surface area (Å²) in [6, 6.07) is 7.87. The van der Waals surface area contributed by atoms with Crippen molar-refractivity contribution in [1.82, 2.24) is 10.3 Å². The van der Waals surface area contributed by atoms with Crippen LogP contribution < -0.4 is 15.8 Å². The monoisotopic (exact) mass is 367 g/mol. The molecule has 0 bridgehead atoms. The van der Waals surface area contributed by atoms with Crippen LogP contribution in [0.5, 0.6) is 5.75 Å². The largest absolute Gasteiger partial charge is 0.488 e. The molecule has 2 aromatic rings. The summed E-state index contributed by atoms with van der Waals surface area (Å²) >= 11 is 0. The second-order valence-electron chi connectivity index (χ2n) is 7.45. The van der Waals surface area contributed by atoms with Crippen LogP contribution >= 0.6 is 0 Å². The number of nitrogens with two attached hydrogens (primary N) is 1. The van der Waals surface area contributed by atoms with E-state index in [2.05, 4.69) is 10.3 Å². The summed E-state index contributed by atoms with van der Waals surface area (Å²) in [5, 5.41) is 3.20. The molecule has 2 atom stereocenters. The van der Waals surface area contributed by atoms with Crippen molar-refractivity contribution in [3.8, 4) is 5.75 Å². The normalized spacial score (nSPS) is 19.5. The molecule has 144 valence electrons. The smallest absolute Gasteiger partial charge is 0.251 e. The van der Waals surface area contributed by atoms with Crippen molar-refractivity contribution in [2.24, 2.45) is 11.7 Å². The SMILES string of the molecule is Cc1cc(C(=O)NC2CCCCC2CN)cc(C)c1OCc1cccnc1. The van der Waals surface area contributed by atoms with Crippen molar-refractivity contribution in [1.29, 1.82) is 0 Å². The van der Waals surface area contributed by atoms with Crippen molar-refractivity contribution < 1.29 is 9.53 Å². The Bertz CT molecular complexity index is 753. The first-order valence-electron chi connectivity index (χ1n) is 9.72. The van der Waals surface area contributed by atoms with Gasteiger partial charge in [0.1, 0.15) is 12.4 Å². The van der Waals surface area contributed by atoms with E-state index in [9.17, 15) is 4.79 Å². The number of aryl methyl sites for hydroxylation is 2. The molecular formula is C22H29N3O2. The Hall–Kier alpha value is -2.40. The minimum Gasteiger partial charge on any atom is -0.488 e. The highest BCUT2D eigenvalue weighted by molar-refractivity contribution is 5.95. The number of hydrogen-bond acceptors (Lipinski definition) is 4. The highest BCUT2D eigenvalue weighted by atomic mass is 16.5. The summed E-state index contributed by atoms with van der Waals surface area (Å²) in [5.41, 5.74) is 9.51. The van der Waals surface area contributed by atoms with Crippen LogP contribution in [0.2, 0.25) is 0 Å². The Morgan fingerprint density at radius 3 is 2.67 bits per heavy atom. The van der Waals surface area contributed by atoms with Gasteiger partial charge in [-0.3, -0.25) is 9.78 Å². The van der Waals surface area contributed by atoms with E-state index in [0.717, 1.165) is 41.7 Å². The molecule has 1 amide bonds. The number of carbonyl (C=O) groups excluding carboxylic acids is 1. The zero-order valence-electron chi connectivity index (χ0n) is 16.2. The van der Waals surface area contributed by atoms with Crippen molar-refractivity contribution in [3.63, 3.8) is 0 Å². The number of amides is 1. The van der Waals surface area contributed by atoms with Crippen molar-refractivity contribution in [2.75, 3.05) is 6.54 Å². The Morgan fingerprint density at radius 2 is 2.00 bits per heavy atom. The molecule has 0 saturated heterocycles. The first kappa shape index (κ1) is 19.4. The van der Waals surface area contributed by atoms with Crippen LogP contribution in [-0.2, 0) is 6.61 Å². The molecule has 0 spiro atoms. The molecular weight excluding hydrogens is 338 g/mol. The third-order valence-electron chi connectivity index (χ3n) is 5.36. The molecule has 0 aliphatic heterocycles. The molecule has 27 heavy (non-hydrogen) atoms. The summed E-state index contributed by atoms with van der Waals surface area (Å²) in [7, 11) is 0. The van der Waals surface area contributed by atoms with E-state index in [1.807, 2.05) is 38.1 Å². The number of benzene rings is 1. The average molecular weight is 367 g/mol. The van der Waals surface area contributed by atoms with Gasteiger partial charge in [0.05, 0.1) is 0 Å². The minimum atomic E-state index is -0.0228. The van der Waals surface area contributed by atoms with Gasteiger partial charge in [0.15, 0.2) is 0 Å². The highest BCUT2D eigenvalue weighted by Crippen LogP contribution is 2.27. The van der Waals surface area contributed by atoms with E-state index in [1.165, 1.54) is 6.42 Å². The van der Waals surface area contributed by atoms with Gasteiger partial charge in [-0.25, -0.2) is 0 Å². The number of nitrogens with zero attached hydrogens (tertiary/aromatic N) is 1. The molecule has 5 nitrogen and oxygen atoms in total. The van der Waals surface area contributed by atoms with Gasteiger partial charge in [0.2, 0.25) is 0 Å². The molecule has 3 rings (SSSR count). The summed E-state index contributed by atoms with van der Waals surface area (Å²) in [5.74, 6) is 1.19. The van der Waals surface area contributed by atoms with Gasteiger partial charge in [0.25, 0.3) is 5.91 Å². The lowest BCUT2D eigenvalue weighted by Crippen LogP contribution is -2.44. The number of hydrogen-bond donors (Lipinski definition) is 2. The predicted octanol–water partition coefficient (Wildman–Crippen LogP) is 3.52. The lowest BCUT2D eigenvalue weighted by Gasteiger charge is -2.31. The maximum atomic E-state index is 12.8. The van der Waals surface area contributed by atoms with Gasteiger partial charge in [-0.2, -0.15) is 0 Å². The average Bonchev–Trinajstić information content (AvgIpc) is 2.68. The molecule has 1 aliphatic carbocycles. The molecule has 0 radical (unpaired) electrons. The van der Waals surface area contributed by atoms with E-state index in [1.54, 1.807) is 12.4 Å². The molecule has 2 unspecified atom stereocenters. The Kier molecular flexibility index (Phi) is 6.45. The molecule has 1 fully saturated rings. The van der Waals surface area contributed by atoms with E-state index in [-0.39, 0.29) is 11.9 Å². The standard InChI is InChI=1S/C22H29N3O2/c1-15-10-19(22(26)25-20-8-4-3-7-18(20)12-23)11-16(2)21(15)27-14-17-6-5-9-24-13-17/h5-6,9-11,13,18,20H,3-4,7-8,12,14,23H2,1-2H3,(H,25,26). The Morgan fingerprint density at radius 1 is 1.26 bits per heavy atom. The lowest BCUT2D eigenvalue weighted by molar-refractivity contribution is 0.0908. The maximum absolute atomic E-state index is 12.8. The molecule has 1 saturated carbocycles. The number of pyridine rings is 1. The molecule has 1 heterocycles. The summed E-state index contributed by atoms with van der Waals surface area (Å²) in [6.45, 7) is 5.04. The zero-order chi connectivity index (χ0) is 19.2. The zero-order valence-corrected chi connectivity index (χ0v) is 16.2. The van der Waals surface area contributed by atoms with Gasteiger partial charge in [-0.1, -0.05) is 18.9 Å². The van der Waals surface area contributed by atoms with Crippen LogP contribution in [-0.4, -0.2) is 23.5 Å². The Balaban J connectivity index is 1.69. The van der Waals surface area contributed by atoms with Crippen LogP contribution in [0.3, 0.4) is 0 Å². The van der Waals surface area contributed by atoms with Gasteiger partial charge in [0, 0.05) is 29.6 Å². The van der Waals surface area contributed by atoms with Gasteiger partial charge < -0.3 is 15.8 Å². The fraction of sp³-hybridized carbons (Fsp3) is 0.455. The van der Waals surface area contributed by atoms with Crippen LogP contribution in [0.15, 0.2) is 36.7 Å². The van der Waals surface area contributed by atoms with Crippen LogP contribution in [0.4, 0.5) is 0 Å². The third-order valence-corrected chi connectivity index (χ3v) is 5.36. The number of ether oxygens (including phenoxy) is 1. The second kappa shape index (κ2) is 9.00. The third kappa shape index (κ3) is 4.86. The highest BCUT2D eigenvalue weighted by Gasteiger charge is 2.26. The number of aromatic nitrogens is 1. The fourth-order valence-corrected chi connectivity index (χ4v) is 3.88. The Labute approximate surface area is 161 Å². The van der Waals surface area contributed by atoms with Crippen molar-refractivity contribution >= 4 is 5.91 Å². The topological polar surface area (TPSA) is 77.2 Å². The molecule has 3 N–H and O–H groups in total. The maximum Gasteiger partial charge on any atom is 0.251 e. The van der Waals surface area contributed by atoms with Crippen LogP contribution in [0.1, 0.15) is 52.7 Å². The molecule has 5 heteroatoms. The molecule has 1 aliphatic rings. The molecule has 1 aromatic heterocycles. The predicted molar refractivity (Wildman–Crippen MR) is 107 cm³/mol. The van der Waals surface area contributed by atoms with Gasteiger partial charge in [-0.05, 0) is 68.5 Å².